The molecule has 4 nitrogen and oxygen atoms in total. The molecule has 23 heavy (non-hydrogen) atoms. The molecule has 4 heteroatoms. The van der Waals surface area contributed by atoms with Crippen LogP contribution in [-0.4, -0.2) is 29.3 Å². The lowest BCUT2D eigenvalue weighted by atomic mass is 10.0. The van der Waals surface area contributed by atoms with Crippen molar-refractivity contribution < 1.29 is 9.59 Å². The van der Waals surface area contributed by atoms with Crippen LogP contribution in [0.5, 0.6) is 0 Å². The smallest absolute Gasteiger partial charge is 0.247 e. The third-order valence-corrected chi connectivity index (χ3v) is 3.86. The van der Waals surface area contributed by atoms with Gasteiger partial charge in [-0.05, 0) is 30.2 Å². The van der Waals surface area contributed by atoms with Crippen LogP contribution in [0, 0.1) is 0 Å². The first kappa shape index (κ1) is 15.0. The lowest BCUT2D eigenvalue weighted by molar-refractivity contribution is -0.141. The number of hydrogen-bond donors (Lipinski definition) is 1. The van der Waals surface area contributed by atoms with Gasteiger partial charge in [0.15, 0.2) is 0 Å². The summed E-state index contributed by atoms with van der Waals surface area (Å²) in [5.41, 5.74) is 1.71. The minimum atomic E-state index is -0.386. The quantitative estimate of drug-likeness (QED) is 0.883. The van der Waals surface area contributed by atoms with Crippen molar-refractivity contribution in [2.75, 3.05) is 11.9 Å². The molecule has 0 spiro atoms. The third kappa shape index (κ3) is 3.66. The molecular formula is C19H18N2O2. The lowest BCUT2D eigenvalue weighted by Crippen LogP contribution is -2.56. The number of benzene rings is 2. The van der Waals surface area contributed by atoms with E-state index >= 15 is 0 Å². The molecule has 0 bridgehead atoms. The fraction of sp³-hybridized carbons (Fsp3) is 0.158. The average molecular weight is 306 g/mol. The van der Waals surface area contributed by atoms with Crippen LogP contribution in [0.15, 0.2) is 66.7 Å². The molecule has 2 amide bonds. The summed E-state index contributed by atoms with van der Waals surface area (Å²) in [6, 6.07) is 18.5. The van der Waals surface area contributed by atoms with Gasteiger partial charge < -0.3 is 10.2 Å². The highest BCUT2D eigenvalue weighted by Gasteiger charge is 2.36. The first-order chi connectivity index (χ1) is 11.2. The fourth-order valence-electron chi connectivity index (χ4n) is 2.50. The topological polar surface area (TPSA) is 49.4 Å². The maximum Gasteiger partial charge on any atom is 0.247 e. The summed E-state index contributed by atoms with van der Waals surface area (Å²) in [6.45, 7) is 0.616. The number of likely N-dealkylation sites (tertiary alicyclic amines) is 1. The van der Waals surface area contributed by atoms with Crippen LogP contribution in [-0.2, 0) is 9.59 Å². The SMILES string of the molecule is O=C(Nc1ccccc1)C1CCN1C(=O)C=Cc1ccccc1. The zero-order chi connectivity index (χ0) is 16.1. The Labute approximate surface area is 135 Å². The minimum Gasteiger partial charge on any atom is -0.327 e. The monoisotopic (exact) mass is 306 g/mol. The lowest BCUT2D eigenvalue weighted by Gasteiger charge is -2.39. The highest BCUT2D eigenvalue weighted by atomic mass is 16.2. The second kappa shape index (κ2) is 6.92. The maximum absolute atomic E-state index is 12.3. The molecule has 0 aromatic heterocycles. The highest BCUT2D eigenvalue weighted by Crippen LogP contribution is 2.20. The number of hydrogen-bond acceptors (Lipinski definition) is 2. The molecule has 116 valence electrons. The largest absolute Gasteiger partial charge is 0.327 e. The molecule has 0 aliphatic carbocycles. The van der Waals surface area contributed by atoms with Crippen LogP contribution in [0.3, 0.4) is 0 Å². The van der Waals surface area contributed by atoms with Crippen molar-refractivity contribution in [3.8, 4) is 0 Å². The molecule has 1 heterocycles. The summed E-state index contributed by atoms with van der Waals surface area (Å²) < 4.78 is 0. The number of rotatable bonds is 4. The normalized spacial score (nSPS) is 16.9. The van der Waals surface area contributed by atoms with E-state index in [0.29, 0.717) is 13.0 Å². The zero-order valence-electron chi connectivity index (χ0n) is 12.7. The molecule has 1 N–H and O–H groups in total. The number of carbonyl (C=O) groups is 2. The van der Waals surface area contributed by atoms with Gasteiger partial charge in [-0.1, -0.05) is 48.5 Å². The number of amides is 2. The van der Waals surface area contributed by atoms with E-state index in [4.69, 9.17) is 0 Å². The van der Waals surface area contributed by atoms with E-state index in [-0.39, 0.29) is 17.9 Å². The van der Waals surface area contributed by atoms with E-state index in [0.717, 1.165) is 11.3 Å². The van der Waals surface area contributed by atoms with E-state index in [1.807, 2.05) is 60.7 Å². The van der Waals surface area contributed by atoms with Gasteiger partial charge in [0, 0.05) is 18.3 Å². The number of anilines is 1. The van der Waals surface area contributed by atoms with Gasteiger partial charge in [-0.25, -0.2) is 0 Å². The van der Waals surface area contributed by atoms with Gasteiger partial charge in [-0.2, -0.15) is 0 Å². The Bertz CT molecular complexity index is 711. The summed E-state index contributed by atoms with van der Waals surface area (Å²) in [5, 5.41) is 2.85. The van der Waals surface area contributed by atoms with E-state index in [2.05, 4.69) is 5.32 Å². The number of nitrogens with zero attached hydrogens (tertiary/aromatic N) is 1. The van der Waals surface area contributed by atoms with E-state index in [1.54, 1.807) is 11.0 Å². The molecule has 1 fully saturated rings. The first-order valence-electron chi connectivity index (χ1n) is 7.64. The maximum atomic E-state index is 12.3. The predicted octanol–water partition coefficient (Wildman–Crippen LogP) is 2.94. The molecule has 0 radical (unpaired) electrons. The van der Waals surface area contributed by atoms with Gasteiger partial charge in [0.25, 0.3) is 0 Å². The van der Waals surface area contributed by atoms with Crippen LogP contribution in [0.25, 0.3) is 6.08 Å². The van der Waals surface area contributed by atoms with Crippen molar-refractivity contribution in [3.05, 3.63) is 72.3 Å². The predicted molar refractivity (Wildman–Crippen MR) is 90.7 cm³/mol. The van der Waals surface area contributed by atoms with Gasteiger partial charge in [0.2, 0.25) is 11.8 Å². The number of nitrogens with one attached hydrogen (secondary N) is 1. The van der Waals surface area contributed by atoms with E-state index in [1.165, 1.54) is 6.08 Å². The van der Waals surface area contributed by atoms with Crippen LogP contribution < -0.4 is 5.32 Å². The molecule has 1 aliphatic heterocycles. The van der Waals surface area contributed by atoms with Gasteiger partial charge >= 0.3 is 0 Å². The standard InChI is InChI=1S/C19H18N2O2/c22-18(12-11-15-7-3-1-4-8-15)21-14-13-17(21)19(23)20-16-9-5-2-6-10-16/h1-12,17H,13-14H2,(H,20,23). The minimum absolute atomic E-state index is 0.131. The van der Waals surface area contributed by atoms with Gasteiger partial charge in [0.1, 0.15) is 6.04 Å². The second-order valence-corrected chi connectivity index (χ2v) is 5.44. The van der Waals surface area contributed by atoms with Crippen LogP contribution >= 0.6 is 0 Å². The molecule has 1 unspecified atom stereocenters. The van der Waals surface area contributed by atoms with Crippen LogP contribution in [0.1, 0.15) is 12.0 Å². The molecule has 2 aromatic carbocycles. The van der Waals surface area contributed by atoms with Crippen molar-refractivity contribution in [2.24, 2.45) is 0 Å². The summed E-state index contributed by atoms with van der Waals surface area (Å²) in [5.74, 6) is -0.266. The third-order valence-electron chi connectivity index (χ3n) is 3.86. The van der Waals surface area contributed by atoms with Gasteiger partial charge in [-0.15, -0.1) is 0 Å². The summed E-state index contributed by atoms with van der Waals surface area (Å²) >= 11 is 0. The average Bonchev–Trinajstić information content (AvgIpc) is 2.54. The summed E-state index contributed by atoms with van der Waals surface area (Å²) in [4.78, 5) is 26.1. The van der Waals surface area contributed by atoms with Crippen molar-refractivity contribution >= 4 is 23.6 Å². The van der Waals surface area contributed by atoms with Crippen LogP contribution in [0.2, 0.25) is 0 Å². The highest BCUT2D eigenvalue weighted by molar-refractivity contribution is 6.01. The molecule has 0 saturated carbocycles. The zero-order valence-corrected chi connectivity index (χ0v) is 12.7. The van der Waals surface area contributed by atoms with Crippen molar-refractivity contribution in [2.45, 2.75) is 12.5 Å². The van der Waals surface area contributed by atoms with E-state index in [9.17, 15) is 9.59 Å². The Morgan fingerprint density at radius 2 is 1.65 bits per heavy atom. The van der Waals surface area contributed by atoms with Crippen molar-refractivity contribution in [3.63, 3.8) is 0 Å². The van der Waals surface area contributed by atoms with Crippen LogP contribution in [0.4, 0.5) is 5.69 Å². The summed E-state index contributed by atoms with van der Waals surface area (Å²) in [6.07, 6.45) is 3.99. The molecule has 1 aliphatic rings. The van der Waals surface area contributed by atoms with Gasteiger partial charge in [0.05, 0.1) is 0 Å². The Kier molecular flexibility index (Phi) is 4.52. The molecular weight excluding hydrogens is 288 g/mol. The second-order valence-electron chi connectivity index (χ2n) is 5.44. The molecule has 1 atom stereocenters. The van der Waals surface area contributed by atoms with Crippen molar-refractivity contribution in [1.82, 2.24) is 4.90 Å². The number of carbonyl (C=O) groups excluding carboxylic acids is 2. The Hall–Kier alpha value is -2.88. The van der Waals surface area contributed by atoms with E-state index < -0.39 is 0 Å². The molecule has 2 aromatic rings. The molecule has 1 saturated heterocycles. The first-order valence-corrected chi connectivity index (χ1v) is 7.64. The Balaban J connectivity index is 1.59. The van der Waals surface area contributed by atoms with Gasteiger partial charge in [-0.3, -0.25) is 9.59 Å². The Morgan fingerprint density at radius 3 is 2.26 bits per heavy atom. The molecule has 3 rings (SSSR count). The van der Waals surface area contributed by atoms with Crippen molar-refractivity contribution in [1.29, 1.82) is 0 Å². The Morgan fingerprint density at radius 1 is 1.00 bits per heavy atom. The summed E-state index contributed by atoms with van der Waals surface area (Å²) in [7, 11) is 0. The fourth-order valence-corrected chi connectivity index (χ4v) is 2.50. The number of para-hydroxylation sites is 1.